The molecular formula is C9H11BrN2OS2. The molecule has 0 saturated carbocycles. The van der Waals surface area contributed by atoms with Gasteiger partial charge in [0.05, 0.1) is 18.0 Å². The van der Waals surface area contributed by atoms with Gasteiger partial charge in [-0.25, -0.2) is 0 Å². The number of nitrogens with two attached hydrogens (primary N) is 1. The Morgan fingerprint density at radius 1 is 1.73 bits per heavy atom. The molecule has 2 N–H and O–H groups in total. The molecule has 6 heteroatoms. The molecule has 1 rings (SSSR count). The highest BCUT2D eigenvalue weighted by Crippen LogP contribution is 2.20. The topological polar surface area (TPSA) is 46.3 Å². The van der Waals surface area contributed by atoms with E-state index < -0.39 is 0 Å². The molecule has 82 valence electrons. The van der Waals surface area contributed by atoms with Crippen LogP contribution in [-0.4, -0.2) is 22.8 Å². The maximum absolute atomic E-state index is 11.5. The molecule has 0 aliphatic carbocycles. The molecule has 1 aromatic heterocycles. The Kier molecular flexibility index (Phi) is 4.69. The predicted molar refractivity (Wildman–Crippen MR) is 69.9 cm³/mol. The molecule has 1 heterocycles. The molecule has 0 bridgehead atoms. The zero-order chi connectivity index (χ0) is 11.4. The SMILES string of the molecule is CN(Cc1cc(Br)cs1)C(=O)CC(N)=S. The van der Waals surface area contributed by atoms with E-state index in [1.54, 1.807) is 23.3 Å². The smallest absolute Gasteiger partial charge is 0.229 e. The number of thiophene rings is 1. The van der Waals surface area contributed by atoms with Crippen LogP contribution in [0, 0.1) is 0 Å². The summed E-state index contributed by atoms with van der Waals surface area (Å²) in [4.78, 5) is 14.5. The summed E-state index contributed by atoms with van der Waals surface area (Å²) in [6.07, 6.45) is 0.137. The van der Waals surface area contributed by atoms with Crippen molar-refractivity contribution in [3.05, 3.63) is 20.8 Å². The summed E-state index contributed by atoms with van der Waals surface area (Å²) in [5, 5.41) is 1.99. The van der Waals surface area contributed by atoms with Gasteiger partial charge in [-0.15, -0.1) is 11.3 Å². The van der Waals surface area contributed by atoms with E-state index in [-0.39, 0.29) is 17.3 Å². The van der Waals surface area contributed by atoms with Crippen LogP contribution in [0.15, 0.2) is 15.9 Å². The fourth-order valence-electron chi connectivity index (χ4n) is 1.04. The van der Waals surface area contributed by atoms with Crippen molar-refractivity contribution >= 4 is 50.4 Å². The van der Waals surface area contributed by atoms with Gasteiger partial charge in [0.25, 0.3) is 0 Å². The zero-order valence-corrected chi connectivity index (χ0v) is 11.4. The molecule has 0 atom stereocenters. The molecule has 15 heavy (non-hydrogen) atoms. The number of carbonyl (C=O) groups is 1. The van der Waals surface area contributed by atoms with E-state index in [1.165, 1.54) is 0 Å². The quantitative estimate of drug-likeness (QED) is 0.867. The average Bonchev–Trinajstić information content (AvgIpc) is 2.50. The van der Waals surface area contributed by atoms with Crippen LogP contribution in [0.25, 0.3) is 0 Å². The number of thiocarbonyl (C=S) groups is 1. The molecule has 0 aromatic carbocycles. The van der Waals surface area contributed by atoms with Crippen LogP contribution in [0.2, 0.25) is 0 Å². The Bertz CT molecular complexity index is 378. The Hall–Kier alpha value is -0.460. The van der Waals surface area contributed by atoms with Crippen LogP contribution in [-0.2, 0) is 11.3 Å². The summed E-state index contributed by atoms with van der Waals surface area (Å²) in [6.45, 7) is 0.595. The normalized spacial score (nSPS) is 10.0. The van der Waals surface area contributed by atoms with Crippen LogP contribution < -0.4 is 5.73 Å². The van der Waals surface area contributed by atoms with Crippen molar-refractivity contribution in [1.82, 2.24) is 4.90 Å². The minimum atomic E-state index is -0.0491. The molecule has 0 aliphatic heterocycles. The largest absolute Gasteiger partial charge is 0.393 e. The second kappa shape index (κ2) is 5.58. The zero-order valence-electron chi connectivity index (χ0n) is 8.20. The molecule has 1 aromatic rings. The Morgan fingerprint density at radius 3 is 2.87 bits per heavy atom. The standard InChI is InChI=1S/C9H11BrN2OS2/c1-12(9(13)3-8(11)14)4-7-2-6(10)5-15-7/h2,5H,3-4H2,1H3,(H2,11,14). The van der Waals surface area contributed by atoms with E-state index in [4.69, 9.17) is 5.73 Å². The van der Waals surface area contributed by atoms with Gasteiger partial charge in [-0.3, -0.25) is 4.79 Å². The van der Waals surface area contributed by atoms with Crippen LogP contribution >= 0.6 is 39.5 Å². The second-order valence-corrected chi connectivity index (χ2v) is 5.56. The van der Waals surface area contributed by atoms with Gasteiger partial charge >= 0.3 is 0 Å². The molecule has 0 unspecified atom stereocenters. The minimum Gasteiger partial charge on any atom is -0.393 e. The predicted octanol–water partition coefficient (Wildman–Crippen LogP) is 2.15. The maximum Gasteiger partial charge on any atom is 0.229 e. The third-order valence-electron chi connectivity index (χ3n) is 1.77. The Balaban J connectivity index is 2.51. The second-order valence-electron chi connectivity index (χ2n) is 3.12. The molecule has 0 spiro atoms. The highest BCUT2D eigenvalue weighted by molar-refractivity contribution is 9.10. The number of hydrogen-bond donors (Lipinski definition) is 1. The summed E-state index contributed by atoms with van der Waals surface area (Å²) in [6, 6.07) is 2.00. The first kappa shape index (κ1) is 12.6. The number of hydrogen-bond acceptors (Lipinski definition) is 3. The summed E-state index contributed by atoms with van der Waals surface area (Å²) < 4.78 is 1.04. The lowest BCUT2D eigenvalue weighted by molar-refractivity contribution is -0.129. The van der Waals surface area contributed by atoms with E-state index in [0.717, 1.165) is 9.35 Å². The van der Waals surface area contributed by atoms with Gasteiger partial charge in [-0.05, 0) is 22.0 Å². The number of carbonyl (C=O) groups excluding carboxylic acids is 1. The number of rotatable bonds is 4. The molecular weight excluding hydrogens is 296 g/mol. The maximum atomic E-state index is 11.5. The van der Waals surface area contributed by atoms with Gasteiger partial charge in [-0.2, -0.15) is 0 Å². The van der Waals surface area contributed by atoms with E-state index in [1.807, 2.05) is 11.4 Å². The van der Waals surface area contributed by atoms with Gasteiger partial charge in [0, 0.05) is 21.8 Å². The molecule has 0 radical (unpaired) electrons. The fourth-order valence-corrected chi connectivity index (χ4v) is 2.67. The van der Waals surface area contributed by atoms with Gasteiger partial charge in [0.2, 0.25) is 5.91 Å². The van der Waals surface area contributed by atoms with E-state index >= 15 is 0 Å². The van der Waals surface area contributed by atoms with Crippen LogP contribution in [0.4, 0.5) is 0 Å². The van der Waals surface area contributed by atoms with Crippen LogP contribution in [0.3, 0.4) is 0 Å². The van der Waals surface area contributed by atoms with Crippen molar-refractivity contribution in [3.63, 3.8) is 0 Å². The molecule has 3 nitrogen and oxygen atoms in total. The van der Waals surface area contributed by atoms with E-state index in [9.17, 15) is 4.79 Å². The lowest BCUT2D eigenvalue weighted by Crippen LogP contribution is -2.29. The Labute approximate surface area is 106 Å². The number of amides is 1. The van der Waals surface area contributed by atoms with Crippen molar-refractivity contribution in [3.8, 4) is 0 Å². The first-order chi connectivity index (χ1) is 6.99. The van der Waals surface area contributed by atoms with Gasteiger partial charge in [0.15, 0.2) is 0 Å². The fraction of sp³-hybridized carbons (Fsp3) is 0.333. The number of nitrogens with zero attached hydrogens (tertiary/aromatic N) is 1. The van der Waals surface area contributed by atoms with Gasteiger partial charge in [0.1, 0.15) is 0 Å². The lowest BCUT2D eigenvalue weighted by atomic mass is 10.3. The van der Waals surface area contributed by atoms with E-state index in [0.29, 0.717) is 6.54 Å². The number of halogens is 1. The Morgan fingerprint density at radius 2 is 2.40 bits per heavy atom. The highest BCUT2D eigenvalue weighted by Gasteiger charge is 2.11. The molecule has 0 fully saturated rings. The van der Waals surface area contributed by atoms with Crippen LogP contribution in [0.5, 0.6) is 0 Å². The summed E-state index contributed by atoms with van der Waals surface area (Å²) in [7, 11) is 1.74. The monoisotopic (exact) mass is 306 g/mol. The third-order valence-corrected chi connectivity index (χ3v) is 3.59. The summed E-state index contributed by atoms with van der Waals surface area (Å²) in [5.41, 5.74) is 5.31. The molecule has 0 saturated heterocycles. The first-order valence-electron chi connectivity index (χ1n) is 4.24. The van der Waals surface area contributed by atoms with Crippen molar-refractivity contribution < 1.29 is 4.79 Å². The summed E-state index contributed by atoms with van der Waals surface area (Å²) >= 11 is 9.66. The van der Waals surface area contributed by atoms with E-state index in [2.05, 4.69) is 28.1 Å². The van der Waals surface area contributed by atoms with Crippen molar-refractivity contribution in [2.24, 2.45) is 5.73 Å². The first-order valence-corrected chi connectivity index (χ1v) is 6.32. The average molecular weight is 307 g/mol. The van der Waals surface area contributed by atoms with Crippen molar-refractivity contribution in [2.45, 2.75) is 13.0 Å². The lowest BCUT2D eigenvalue weighted by Gasteiger charge is -2.15. The van der Waals surface area contributed by atoms with Gasteiger partial charge in [-0.1, -0.05) is 12.2 Å². The molecule has 0 aliphatic rings. The minimum absolute atomic E-state index is 0.0491. The van der Waals surface area contributed by atoms with Crippen molar-refractivity contribution in [2.75, 3.05) is 7.05 Å². The van der Waals surface area contributed by atoms with Crippen LogP contribution in [0.1, 0.15) is 11.3 Å². The van der Waals surface area contributed by atoms with Crippen molar-refractivity contribution in [1.29, 1.82) is 0 Å². The summed E-state index contributed by atoms with van der Waals surface area (Å²) in [5.74, 6) is -0.0491. The highest BCUT2D eigenvalue weighted by atomic mass is 79.9. The van der Waals surface area contributed by atoms with Gasteiger partial charge < -0.3 is 10.6 Å². The third kappa shape index (κ3) is 4.27. The molecule has 1 amide bonds.